The summed E-state index contributed by atoms with van der Waals surface area (Å²) in [6.07, 6.45) is 8.45. The zero-order valence-electron chi connectivity index (χ0n) is 21.2. The topological polar surface area (TPSA) is 161 Å². The molecule has 0 saturated carbocycles. The Balaban J connectivity index is -0.00000480. The van der Waals surface area contributed by atoms with Crippen molar-refractivity contribution in [2.45, 2.75) is 77.2 Å². The van der Waals surface area contributed by atoms with E-state index in [1.54, 1.807) is 0 Å². The fraction of sp³-hybridized carbons (Fsp3) is 0.905. The van der Waals surface area contributed by atoms with E-state index in [1.807, 2.05) is 0 Å². The summed E-state index contributed by atoms with van der Waals surface area (Å²) in [5, 5.41) is 29.8. The average molecular weight is 527 g/mol. The molecule has 0 aliphatic heterocycles. The number of amides is 1. The molecule has 0 saturated heterocycles. The minimum absolute atomic E-state index is 0. The zero-order valence-corrected chi connectivity index (χ0v) is 26.1. The Kier molecular flexibility index (Phi) is 27.8. The molecule has 1 atom stereocenters. The van der Waals surface area contributed by atoms with E-state index in [0.29, 0.717) is 6.42 Å². The van der Waals surface area contributed by atoms with Crippen molar-refractivity contribution in [3.8, 4) is 0 Å². The van der Waals surface area contributed by atoms with Gasteiger partial charge in [0.2, 0.25) is 5.91 Å². The standard InChI is InChI=1S/C21H42N2O8S.2Na/c1-2-3-4-5-6-7-8-9-10-11-20(26)23(16-19(25)18-32(29,30)31)13-12-22(14-15-24)17-21(27)28;;/h19,24-25H,2-18H2,1H3,(H,27,28)(H,29,30,31);;/q;2*+1/p-2. The largest absolute Gasteiger partial charge is 1.00 e. The number of aliphatic hydroxyl groups is 2. The molecule has 0 spiro atoms. The maximum absolute atomic E-state index is 12.6. The van der Waals surface area contributed by atoms with Crippen LogP contribution in [0.1, 0.15) is 71.1 Å². The Hall–Kier alpha value is 0.730. The summed E-state index contributed by atoms with van der Waals surface area (Å²) in [6, 6.07) is 0. The van der Waals surface area contributed by atoms with Crippen LogP contribution < -0.4 is 64.2 Å². The first-order valence-corrected chi connectivity index (χ1v) is 13.1. The zero-order chi connectivity index (χ0) is 24.4. The number of hydrogen-bond acceptors (Lipinski definition) is 9. The quantitative estimate of drug-likeness (QED) is 0.0842. The van der Waals surface area contributed by atoms with E-state index in [2.05, 4.69) is 6.92 Å². The molecule has 0 aromatic heterocycles. The van der Waals surface area contributed by atoms with Crippen LogP contribution in [0, 0.1) is 0 Å². The molecule has 10 nitrogen and oxygen atoms in total. The monoisotopic (exact) mass is 526 g/mol. The van der Waals surface area contributed by atoms with E-state index in [4.69, 9.17) is 5.11 Å². The third-order valence-corrected chi connectivity index (χ3v) is 5.92. The van der Waals surface area contributed by atoms with Crippen molar-refractivity contribution in [3.05, 3.63) is 0 Å². The Morgan fingerprint density at radius 2 is 1.44 bits per heavy atom. The Labute approximate surface area is 249 Å². The molecule has 0 aromatic rings. The van der Waals surface area contributed by atoms with E-state index in [-0.39, 0.29) is 104 Å². The van der Waals surface area contributed by atoms with Gasteiger partial charge < -0.3 is 29.6 Å². The van der Waals surface area contributed by atoms with Crippen molar-refractivity contribution in [1.82, 2.24) is 9.80 Å². The van der Waals surface area contributed by atoms with Crippen LogP contribution in [0.15, 0.2) is 0 Å². The third-order valence-electron chi connectivity index (χ3n) is 5.13. The molecule has 0 rings (SSSR count). The Morgan fingerprint density at radius 3 is 1.91 bits per heavy atom. The van der Waals surface area contributed by atoms with Crippen molar-refractivity contribution in [2.75, 3.05) is 45.1 Å². The maximum atomic E-state index is 12.6. The first-order chi connectivity index (χ1) is 15.1. The van der Waals surface area contributed by atoms with Crippen LogP contribution in [-0.4, -0.2) is 96.0 Å². The second kappa shape index (κ2) is 24.1. The number of rotatable bonds is 21. The molecular weight excluding hydrogens is 486 g/mol. The number of carbonyl (C=O) groups is 2. The first-order valence-electron chi connectivity index (χ1n) is 11.5. The minimum atomic E-state index is -4.65. The van der Waals surface area contributed by atoms with E-state index in [0.717, 1.165) is 19.3 Å². The van der Waals surface area contributed by atoms with E-state index < -0.39 is 34.5 Å². The SMILES string of the molecule is CCCCCCCCCCCC(=O)N(CCN(CCO)CC(=O)[O-])CC(O)CS(=O)(=O)[O-].[Na+].[Na+]. The molecule has 2 N–H and O–H groups in total. The molecule has 34 heavy (non-hydrogen) atoms. The molecule has 0 aliphatic rings. The van der Waals surface area contributed by atoms with Crippen molar-refractivity contribution < 1.29 is 97.0 Å². The number of carboxylic acid groups (broad SMARTS) is 1. The summed E-state index contributed by atoms with van der Waals surface area (Å²) in [6.45, 7) is 1.30. The number of hydrogen-bond donors (Lipinski definition) is 2. The summed E-state index contributed by atoms with van der Waals surface area (Å²) >= 11 is 0. The molecule has 190 valence electrons. The fourth-order valence-corrected chi connectivity index (χ4v) is 4.04. The molecular formula is C21H40N2Na2O8S. The first kappa shape index (κ1) is 39.2. The van der Waals surface area contributed by atoms with Gasteiger partial charge in [-0.2, -0.15) is 0 Å². The molecule has 0 aliphatic carbocycles. The smallest absolute Gasteiger partial charge is 0.748 e. The molecule has 0 aromatic carbocycles. The third kappa shape index (κ3) is 24.4. The van der Waals surface area contributed by atoms with Crippen LogP contribution in [0.4, 0.5) is 0 Å². The Morgan fingerprint density at radius 1 is 0.912 bits per heavy atom. The van der Waals surface area contributed by atoms with Gasteiger partial charge in [0.05, 0.1) is 34.6 Å². The number of aliphatic carboxylic acids is 1. The van der Waals surface area contributed by atoms with Gasteiger partial charge in [0.15, 0.2) is 0 Å². The number of unbranched alkanes of at least 4 members (excludes halogenated alkanes) is 8. The summed E-state index contributed by atoms with van der Waals surface area (Å²) in [5.74, 6) is -2.63. The van der Waals surface area contributed by atoms with Crippen LogP contribution >= 0.6 is 0 Å². The van der Waals surface area contributed by atoms with Gasteiger partial charge in [0.25, 0.3) is 0 Å². The predicted molar refractivity (Wildman–Crippen MR) is 118 cm³/mol. The molecule has 0 bridgehead atoms. The maximum Gasteiger partial charge on any atom is 1.00 e. The van der Waals surface area contributed by atoms with Crippen LogP contribution in [0.3, 0.4) is 0 Å². The molecule has 1 amide bonds. The van der Waals surface area contributed by atoms with Gasteiger partial charge >= 0.3 is 59.1 Å². The Bertz CT molecular complexity index is 626. The summed E-state index contributed by atoms with van der Waals surface area (Å²) in [4.78, 5) is 26.1. The van der Waals surface area contributed by atoms with E-state index >= 15 is 0 Å². The van der Waals surface area contributed by atoms with Gasteiger partial charge in [0, 0.05) is 39.1 Å². The fourth-order valence-electron chi connectivity index (χ4n) is 3.46. The van der Waals surface area contributed by atoms with Crippen molar-refractivity contribution in [2.24, 2.45) is 0 Å². The summed E-state index contributed by atoms with van der Waals surface area (Å²) in [7, 11) is -4.65. The molecule has 0 heterocycles. The predicted octanol–water partition coefficient (Wildman–Crippen LogP) is -6.31. The number of nitrogens with zero attached hydrogens (tertiary/aromatic N) is 2. The van der Waals surface area contributed by atoms with E-state index in [9.17, 15) is 32.8 Å². The number of carbonyl (C=O) groups excluding carboxylic acids is 2. The van der Waals surface area contributed by atoms with Gasteiger partial charge in [-0.05, 0) is 6.42 Å². The van der Waals surface area contributed by atoms with Crippen molar-refractivity contribution in [1.29, 1.82) is 0 Å². The van der Waals surface area contributed by atoms with Gasteiger partial charge in [-0.3, -0.25) is 9.69 Å². The summed E-state index contributed by atoms with van der Waals surface area (Å²) in [5.41, 5.74) is 0. The van der Waals surface area contributed by atoms with Gasteiger partial charge in [0.1, 0.15) is 0 Å². The second-order valence-electron chi connectivity index (χ2n) is 8.17. The normalized spacial score (nSPS) is 12.0. The molecule has 0 fully saturated rings. The second-order valence-corrected chi connectivity index (χ2v) is 9.62. The van der Waals surface area contributed by atoms with Crippen molar-refractivity contribution >= 4 is 22.0 Å². The van der Waals surface area contributed by atoms with Crippen LogP contribution in [0.2, 0.25) is 0 Å². The molecule has 13 heteroatoms. The van der Waals surface area contributed by atoms with Crippen molar-refractivity contribution in [3.63, 3.8) is 0 Å². The average Bonchev–Trinajstić information content (AvgIpc) is 2.67. The summed E-state index contributed by atoms with van der Waals surface area (Å²) < 4.78 is 32.7. The number of carboxylic acids is 1. The minimum Gasteiger partial charge on any atom is -0.748 e. The molecule has 0 radical (unpaired) electrons. The van der Waals surface area contributed by atoms with Crippen LogP contribution in [0.5, 0.6) is 0 Å². The van der Waals surface area contributed by atoms with Gasteiger partial charge in [-0.25, -0.2) is 8.42 Å². The van der Waals surface area contributed by atoms with E-state index in [1.165, 1.54) is 41.9 Å². The van der Waals surface area contributed by atoms with Crippen LogP contribution in [0.25, 0.3) is 0 Å². The van der Waals surface area contributed by atoms with Gasteiger partial charge in [-0.1, -0.05) is 58.3 Å². The molecule has 1 unspecified atom stereocenters. The number of aliphatic hydroxyl groups excluding tert-OH is 2. The van der Waals surface area contributed by atoms with Crippen LogP contribution in [-0.2, 0) is 19.7 Å². The van der Waals surface area contributed by atoms with Gasteiger partial charge in [-0.15, -0.1) is 0 Å².